The lowest BCUT2D eigenvalue weighted by Crippen LogP contribution is -2.54. The summed E-state index contributed by atoms with van der Waals surface area (Å²) in [6.45, 7) is 1.05. The third-order valence-corrected chi connectivity index (χ3v) is 4.50. The fourth-order valence-electron chi connectivity index (χ4n) is 2.41. The van der Waals surface area contributed by atoms with E-state index in [0.717, 1.165) is 4.43 Å². The number of halogens is 3. The molecule has 20 heavy (non-hydrogen) atoms. The van der Waals surface area contributed by atoms with Crippen LogP contribution in [0.2, 0.25) is 0 Å². The van der Waals surface area contributed by atoms with Gasteiger partial charge in [0.1, 0.15) is 12.2 Å². The minimum atomic E-state index is -1.16. The second kappa shape index (κ2) is 7.50. The zero-order valence-corrected chi connectivity index (χ0v) is 13.8. The maximum atomic E-state index is 14.0. The van der Waals surface area contributed by atoms with Gasteiger partial charge in [-0.3, -0.25) is 4.79 Å². The molecule has 0 radical (unpaired) electrons. The minimum Gasteiger partial charge on any atom is -0.374 e. The first-order valence-electron chi connectivity index (χ1n) is 6.55. The number of hydrogen-bond acceptors (Lipinski definition) is 5. The van der Waals surface area contributed by atoms with Gasteiger partial charge in [0.25, 0.3) is 0 Å². The van der Waals surface area contributed by atoms with Crippen molar-refractivity contribution in [3.63, 3.8) is 0 Å². The second-order valence-corrected chi connectivity index (χ2v) is 6.51. The van der Waals surface area contributed by atoms with Gasteiger partial charge in [-0.2, -0.15) is 0 Å². The number of nitrogens with two attached hydrogens (primary N) is 1. The molecule has 0 aromatic rings. The summed E-state index contributed by atoms with van der Waals surface area (Å²) >= 11 is 8.24. The largest absolute Gasteiger partial charge is 0.374 e. The molecule has 0 aliphatic carbocycles. The van der Waals surface area contributed by atoms with Crippen LogP contribution in [0.5, 0.6) is 0 Å². The van der Waals surface area contributed by atoms with Gasteiger partial charge in [-0.05, 0) is 6.42 Å². The Morgan fingerprint density at radius 3 is 2.85 bits per heavy atom. The summed E-state index contributed by atoms with van der Waals surface area (Å²) in [7, 11) is 0. The Morgan fingerprint density at radius 1 is 1.55 bits per heavy atom. The molecule has 0 spiro atoms. The predicted octanol–water partition coefficient (Wildman–Crippen LogP) is -0.254. The highest BCUT2D eigenvalue weighted by atomic mass is 127. The highest BCUT2D eigenvalue weighted by molar-refractivity contribution is 14.1. The Hall–Kier alpha value is 0.260. The Labute approximate surface area is 136 Å². The highest BCUT2D eigenvalue weighted by Crippen LogP contribution is 2.20. The molecule has 4 N–H and O–H groups in total. The normalized spacial score (nSPS) is 38.2. The second-order valence-electron chi connectivity index (χ2n) is 4.92. The SMILES string of the molecule is NC1NNC(C(=O)N2CC[C@H](OCCI)[C@H](F)C2)C1Cl. The Kier molecular flexibility index (Phi) is 6.24. The maximum Gasteiger partial charge on any atom is 0.242 e. The quantitative estimate of drug-likeness (QED) is 0.432. The molecule has 2 aliphatic rings. The molecule has 2 saturated heterocycles. The molecular weight excluding hydrogens is 402 g/mol. The van der Waals surface area contributed by atoms with E-state index in [-0.39, 0.29) is 12.5 Å². The van der Waals surface area contributed by atoms with Crippen LogP contribution in [0.1, 0.15) is 6.42 Å². The van der Waals surface area contributed by atoms with Crippen molar-refractivity contribution in [2.24, 2.45) is 5.73 Å². The van der Waals surface area contributed by atoms with Crippen LogP contribution in [0.25, 0.3) is 0 Å². The number of hydrogen-bond donors (Lipinski definition) is 3. The van der Waals surface area contributed by atoms with Crippen molar-refractivity contribution < 1.29 is 13.9 Å². The van der Waals surface area contributed by atoms with Crippen LogP contribution in [0, 0.1) is 0 Å². The maximum absolute atomic E-state index is 14.0. The molecule has 9 heteroatoms. The molecule has 2 aliphatic heterocycles. The van der Waals surface area contributed by atoms with Gasteiger partial charge in [-0.25, -0.2) is 15.2 Å². The van der Waals surface area contributed by atoms with Gasteiger partial charge >= 0.3 is 0 Å². The fraction of sp³-hybridized carbons (Fsp3) is 0.909. The van der Waals surface area contributed by atoms with Crippen LogP contribution in [0.15, 0.2) is 0 Å². The third-order valence-electron chi connectivity index (χ3n) is 3.54. The molecule has 0 bridgehead atoms. The summed E-state index contributed by atoms with van der Waals surface area (Å²) in [4.78, 5) is 13.8. The van der Waals surface area contributed by atoms with E-state index in [4.69, 9.17) is 22.1 Å². The molecule has 2 fully saturated rings. The molecule has 1 amide bonds. The van der Waals surface area contributed by atoms with Crippen molar-refractivity contribution in [1.29, 1.82) is 0 Å². The number of ether oxygens (including phenoxy) is 1. The summed E-state index contributed by atoms with van der Waals surface area (Å²) in [5, 5.41) is -0.548. The zero-order valence-electron chi connectivity index (χ0n) is 10.9. The predicted molar refractivity (Wildman–Crippen MR) is 82.4 cm³/mol. The first-order valence-corrected chi connectivity index (χ1v) is 8.52. The van der Waals surface area contributed by atoms with Crippen molar-refractivity contribution in [2.45, 2.75) is 36.3 Å². The molecule has 116 valence electrons. The van der Waals surface area contributed by atoms with E-state index in [0.29, 0.717) is 19.6 Å². The standard InChI is InChI=1S/C11H19ClFIN4O2/c12-8-9(16-17-10(8)15)11(19)18-3-1-7(6(13)5-18)20-4-2-14/h6-10,16-17H,1-5,15H2/t6-,7+,8?,9?,10?/m1/s1. The van der Waals surface area contributed by atoms with Gasteiger partial charge in [-0.15, -0.1) is 11.6 Å². The van der Waals surface area contributed by atoms with E-state index in [1.807, 2.05) is 0 Å². The van der Waals surface area contributed by atoms with Gasteiger partial charge in [-0.1, -0.05) is 22.6 Å². The van der Waals surface area contributed by atoms with E-state index >= 15 is 0 Å². The van der Waals surface area contributed by atoms with Gasteiger partial charge in [0.15, 0.2) is 0 Å². The van der Waals surface area contributed by atoms with E-state index < -0.39 is 29.9 Å². The monoisotopic (exact) mass is 420 g/mol. The van der Waals surface area contributed by atoms with Crippen LogP contribution in [0.4, 0.5) is 4.39 Å². The number of alkyl halides is 3. The molecule has 0 saturated carbocycles. The molecular formula is C11H19ClFIN4O2. The number of rotatable bonds is 4. The summed E-state index contributed by atoms with van der Waals surface area (Å²) in [5.41, 5.74) is 11.1. The topological polar surface area (TPSA) is 79.6 Å². The van der Waals surface area contributed by atoms with Crippen molar-refractivity contribution in [3.8, 4) is 0 Å². The average Bonchev–Trinajstić information content (AvgIpc) is 2.77. The molecule has 0 aromatic heterocycles. The third kappa shape index (κ3) is 3.72. The number of hydrazine groups is 1. The van der Waals surface area contributed by atoms with Crippen molar-refractivity contribution in [1.82, 2.24) is 15.8 Å². The molecule has 2 rings (SSSR count). The smallest absolute Gasteiger partial charge is 0.242 e. The Morgan fingerprint density at radius 2 is 2.30 bits per heavy atom. The summed E-state index contributed by atoms with van der Waals surface area (Å²) in [6.07, 6.45) is -1.57. The summed E-state index contributed by atoms with van der Waals surface area (Å²) in [5.74, 6) is -0.222. The lowest BCUT2D eigenvalue weighted by molar-refractivity contribution is -0.138. The zero-order chi connectivity index (χ0) is 14.7. The lowest BCUT2D eigenvalue weighted by atomic mass is 10.0. The van der Waals surface area contributed by atoms with Crippen LogP contribution in [0.3, 0.4) is 0 Å². The van der Waals surface area contributed by atoms with E-state index in [1.54, 1.807) is 0 Å². The molecule has 2 heterocycles. The van der Waals surface area contributed by atoms with Gasteiger partial charge < -0.3 is 15.4 Å². The Balaban J connectivity index is 1.87. The van der Waals surface area contributed by atoms with E-state index in [9.17, 15) is 9.18 Å². The highest BCUT2D eigenvalue weighted by Gasteiger charge is 2.41. The minimum absolute atomic E-state index is 0.0434. The lowest BCUT2D eigenvalue weighted by Gasteiger charge is -2.36. The van der Waals surface area contributed by atoms with Crippen LogP contribution in [-0.2, 0) is 9.53 Å². The van der Waals surface area contributed by atoms with Crippen LogP contribution >= 0.6 is 34.2 Å². The van der Waals surface area contributed by atoms with Gasteiger partial charge in [0, 0.05) is 11.0 Å². The van der Waals surface area contributed by atoms with Crippen molar-refractivity contribution in [3.05, 3.63) is 0 Å². The summed E-state index contributed by atoms with van der Waals surface area (Å²) < 4.78 is 20.3. The molecule has 3 unspecified atom stereocenters. The number of nitrogens with zero attached hydrogens (tertiary/aromatic N) is 1. The van der Waals surface area contributed by atoms with E-state index in [1.165, 1.54) is 4.90 Å². The molecule has 5 atom stereocenters. The Bertz CT molecular complexity index is 354. The number of likely N-dealkylation sites (tertiary alicyclic amines) is 1. The first kappa shape index (κ1) is 16.6. The summed E-state index contributed by atoms with van der Waals surface area (Å²) in [6, 6.07) is -0.620. The number of amides is 1. The van der Waals surface area contributed by atoms with Crippen molar-refractivity contribution >= 4 is 40.1 Å². The van der Waals surface area contributed by atoms with Crippen LogP contribution in [-0.4, -0.2) is 64.8 Å². The van der Waals surface area contributed by atoms with Gasteiger partial charge in [0.2, 0.25) is 5.91 Å². The van der Waals surface area contributed by atoms with Gasteiger partial charge in [0.05, 0.1) is 30.8 Å². The number of piperidine rings is 1. The number of nitrogens with one attached hydrogen (secondary N) is 2. The fourth-order valence-corrected chi connectivity index (χ4v) is 2.90. The van der Waals surface area contributed by atoms with Crippen molar-refractivity contribution in [2.75, 3.05) is 24.1 Å². The average molecular weight is 421 g/mol. The molecule has 0 aromatic carbocycles. The number of carbonyl (C=O) groups excluding carboxylic acids is 1. The molecule has 6 nitrogen and oxygen atoms in total. The van der Waals surface area contributed by atoms with Crippen LogP contribution < -0.4 is 16.6 Å². The first-order chi connectivity index (χ1) is 9.54. The number of carbonyl (C=O) groups is 1. The van der Waals surface area contributed by atoms with E-state index in [2.05, 4.69) is 33.4 Å².